The quantitative estimate of drug-likeness (QED) is 0.525. The fraction of sp³-hybridized carbons (Fsp3) is 0.727. The Labute approximate surface area is 171 Å². The number of carbonyl (C=O) groups is 4. The Morgan fingerprint density at radius 1 is 0.828 bits per heavy atom. The summed E-state index contributed by atoms with van der Waals surface area (Å²) in [5.41, 5.74) is 0. The van der Waals surface area contributed by atoms with Crippen LogP contribution in [0.4, 0.5) is 0 Å². The molecule has 7 heteroatoms. The van der Waals surface area contributed by atoms with Crippen LogP contribution in [-0.2, 0) is 19.2 Å². The zero-order valence-electron chi connectivity index (χ0n) is 16.8. The maximum Gasteiger partial charge on any atom is 0.242 e. The predicted molar refractivity (Wildman–Crippen MR) is 104 cm³/mol. The molecule has 5 rings (SSSR count). The Hall–Kier alpha value is -2.18. The van der Waals surface area contributed by atoms with Crippen LogP contribution in [0.15, 0.2) is 12.2 Å². The summed E-state index contributed by atoms with van der Waals surface area (Å²) in [5, 5.41) is 0. The molecule has 4 amide bonds. The number of amides is 4. The molecular formula is C22H29N3O4. The van der Waals surface area contributed by atoms with Gasteiger partial charge in [-0.3, -0.25) is 24.1 Å². The fourth-order valence-electron chi connectivity index (χ4n) is 6.14. The molecule has 2 aliphatic heterocycles. The van der Waals surface area contributed by atoms with Crippen LogP contribution in [0.25, 0.3) is 0 Å². The van der Waals surface area contributed by atoms with Crippen molar-refractivity contribution in [2.75, 3.05) is 32.7 Å². The minimum atomic E-state index is -0.254. The van der Waals surface area contributed by atoms with Gasteiger partial charge in [-0.1, -0.05) is 31.4 Å². The number of fused-ring (bicyclic) bond motifs is 5. The highest BCUT2D eigenvalue weighted by molar-refractivity contribution is 6.08. The third-order valence-corrected chi connectivity index (χ3v) is 7.75. The van der Waals surface area contributed by atoms with Crippen molar-refractivity contribution in [3.05, 3.63) is 12.2 Å². The molecule has 156 valence electrons. The minimum absolute atomic E-state index is 0.147. The zero-order chi connectivity index (χ0) is 20.1. The molecule has 0 spiro atoms. The van der Waals surface area contributed by atoms with E-state index in [1.54, 1.807) is 4.90 Å². The normalized spacial score (nSPS) is 34.3. The Balaban J connectivity index is 1.15. The summed E-state index contributed by atoms with van der Waals surface area (Å²) in [5.74, 6) is -0.326. The van der Waals surface area contributed by atoms with Gasteiger partial charge in [0.1, 0.15) is 6.54 Å². The van der Waals surface area contributed by atoms with Gasteiger partial charge in [0.25, 0.3) is 0 Å². The number of piperazine rings is 1. The van der Waals surface area contributed by atoms with E-state index in [1.807, 2.05) is 4.90 Å². The number of rotatable bonds is 3. The van der Waals surface area contributed by atoms with E-state index in [0.717, 1.165) is 32.1 Å². The maximum absolute atomic E-state index is 12.8. The molecule has 4 fully saturated rings. The van der Waals surface area contributed by atoms with Crippen LogP contribution < -0.4 is 0 Å². The summed E-state index contributed by atoms with van der Waals surface area (Å²) < 4.78 is 0. The third kappa shape index (κ3) is 3.09. The van der Waals surface area contributed by atoms with Crippen molar-refractivity contribution < 1.29 is 19.2 Å². The predicted octanol–water partition coefficient (Wildman–Crippen LogP) is 1.04. The number of hydrogen-bond acceptors (Lipinski definition) is 4. The molecule has 0 radical (unpaired) electrons. The highest BCUT2D eigenvalue weighted by Gasteiger charge is 2.59. The van der Waals surface area contributed by atoms with Gasteiger partial charge < -0.3 is 9.80 Å². The lowest BCUT2D eigenvalue weighted by atomic mass is 9.85. The second-order valence-electron chi connectivity index (χ2n) is 9.30. The van der Waals surface area contributed by atoms with Crippen LogP contribution in [0.1, 0.15) is 38.5 Å². The molecule has 0 N–H and O–H groups in total. The molecule has 4 unspecified atom stereocenters. The van der Waals surface area contributed by atoms with Gasteiger partial charge in [-0.2, -0.15) is 0 Å². The van der Waals surface area contributed by atoms with E-state index >= 15 is 0 Å². The van der Waals surface area contributed by atoms with E-state index < -0.39 is 0 Å². The van der Waals surface area contributed by atoms with Gasteiger partial charge in [0.2, 0.25) is 23.6 Å². The molecular weight excluding hydrogens is 370 g/mol. The third-order valence-electron chi connectivity index (χ3n) is 7.75. The summed E-state index contributed by atoms with van der Waals surface area (Å²) >= 11 is 0. The van der Waals surface area contributed by atoms with E-state index in [2.05, 4.69) is 12.2 Å². The lowest BCUT2D eigenvalue weighted by molar-refractivity contribution is -0.148. The smallest absolute Gasteiger partial charge is 0.242 e. The van der Waals surface area contributed by atoms with Crippen molar-refractivity contribution in [3.63, 3.8) is 0 Å². The molecule has 0 aromatic rings. The molecule has 7 nitrogen and oxygen atoms in total. The van der Waals surface area contributed by atoms with Crippen LogP contribution >= 0.6 is 0 Å². The van der Waals surface area contributed by atoms with E-state index in [-0.39, 0.29) is 59.8 Å². The van der Waals surface area contributed by atoms with Gasteiger partial charge >= 0.3 is 0 Å². The lowest BCUT2D eigenvalue weighted by Gasteiger charge is -2.37. The number of likely N-dealkylation sites (tertiary alicyclic amines) is 1. The topological polar surface area (TPSA) is 78.0 Å². The van der Waals surface area contributed by atoms with Crippen molar-refractivity contribution >= 4 is 23.6 Å². The number of hydrogen-bond donors (Lipinski definition) is 0. The van der Waals surface area contributed by atoms with Crippen LogP contribution in [-0.4, -0.2) is 71.1 Å². The van der Waals surface area contributed by atoms with E-state index in [0.29, 0.717) is 26.2 Å². The van der Waals surface area contributed by atoms with Crippen molar-refractivity contribution in [1.29, 1.82) is 0 Å². The number of carbonyl (C=O) groups excluding carboxylic acids is 4. The van der Waals surface area contributed by atoms with Crippen molar-refractivity contribution in [2.45, 2.75) is 38.5 Å². The second kappa shape index (κ2) is 7.26. The van der Waals surface area contributed by atoms with Gasteiger partial charge in [-0.05, 0) is 31.1 Å². The Kier molecular flexibility index (Phi) is 4.71. The molecule has 5 aliphatic rings. The largest absolute Gasteiger partial charge is 0.339 e. The summed E-state index contributed by atoms with van der Waals surface area (Å²) in [4.78, 5) is 55.8. The standard InChI is InChI=1S/C22H29N3O4/c26-17(13-25-21(28)18-15-6-7-16(12-15)19(18)22(25)29)23-8-10-24(11-9-23)20(27)14-4-2-1-3-5-14/h6-7,14-16,18-19H,1-5,8-13H2. The molecule has 29 heavy (non-hydrogen) atoms. The zero-order valence-corrected chi connectivity index (χ0v) is 16.8. The molecule has 2 heterocycles. The Morgan fingerprint density at radius 2 is 1.38 bits per heavy atom. The van der Waals surface area contributed by atoms with E-state index in [9.17, 15) is 19.2 Å². The summed E-state index contributed by atoms with van der Waals surface area (Å²) in [6.45, 7) is 1.89. The van der Waals surface area contributed by atoms with Gasteiger partial charge in [-0.15, -0.1) is 0 Å². The number of imide groups is 1. The number of nitrogens with zero attached hydrogens (tertiary/aromatic N) is 3. The van der Waals surface area contributed by atoms with Crippen LogP contribution in [0.3, 0.4) is 0 Å². The highest BCUT2D eigenvalue weighted by Crippen LogP contribution is 2.52. The van der Waals surface area contributed by atoms with E-state index in [1.165, 1.54) is 11.3 Å². The van der Waals surface area contributed by atoms with Gasteiger partial charge in [0.15, 0.2) is 0 Å². The number of allylic oxidation sites excluding steroid dienone is 2. The molecule has 4 atom stereocenters. The van der Waals surface area contributed by atoms with Crippen molar-refractivity contribution in [2.24, 2.45) is 29.6 Å². The fourth-order valence-corrected chi connectivity index (χ4v) is 6.14. The monoisotopic (exact) mass is 399 g/mol. The summed E-state index contributed by atoms with van der Waals surface area (Å²) in [6.07, 6.45) is 10.5. The van der Waals surface area contributed by atoms with Crippen molar-refractivity contribution in [1.82, 2.24) is 14.7 Å². The maximum atomic E-state index is 12.8. The van der Waals surface area contributed by atoms with Crippen molar-refractivity contribution in [3.8, 4) is 0 Å². The molecule has 2 saturated heterocycles. The van der Waals surface area contributed by atoms with Crippen LogP contribution in [0.2, 0.25) is 0 Å². The van der Waals surface area contributed by atoms with Crippen LogP contribution in [0.5, 0.6) is 0 Å². The van der Waals surface area contributed by atoms with Gasteiger partial charge in [0.05, 0.1) is 11.8 Å². The van der Waals surface area contributed by atoms with E-state index in [4.69, 9.17) is 0 Å². The Morgan fingerprint density at radius 3 is 1.97 bits per heavy atom. The minimum Gasteiger partial charge on any atom is -0.339 e. The Bertz CT molecular complexity index is 734. The summed E-state index contributed by atoms with van der Waals surface area (Å²) in [7, 11) is 0. The van der Waals surface area contributed by atoms with Gasteiger partial charge in [0, 0.05) is 32.1 Å². The first kappa shape index (κ1) is 18.8. The first-order valence-corrected chi connectivity index (χ1v) is 11.1. The van der Waals surface area contributed by atoms with Gasteiger partial charge in [-0.25, -0.2) is 0 Å². The molecule has 2 saturated carbocycles. The summed E-state index contributed by atoms with van der Waals surface area (Å²) in [6, 6.07) is 0. The molecule has 0 aromatic heterocycles. The molecule has 3 aliphatic carbocycles. The molecule has 2 bridgehead atoms. The lowest BCUT2D eigenvalue weighted by Crippen LogP contribution is -2.54. The molecule has 0 aromatic carbocycles. The SMILES string of the molecule is O=C(CN1C(=O)C2C3C=CC(C3)C2C1=O)N1CCN(C(=O)C2CCCCC2)CC1. The van der Waals surface area contributed by atoms with Crippen LogP contribution in [0, 0.1) is 29.6 Å². The first-order valence-electron chi connectivity index (χ1n) is 11.1. The first-order chi connectivity index (χ1) is 14.0. The average molecular weight is 399 g/mol. The highest BCUT2D eigenvalue weighted by atomic mass is 16.2. The average Bonchev–Trinajstić information content (AvgIpc) is 3.44. The second-order valence-corrected chi connectivity index (χ2v) is 9.30.